The average Bonchev–Trinajstić information content (AvgIpc) is 3.38. The van der Waals surface area contributed by atoms with Gasteiger partial charge < -0.3 is 9.32 Å². The Bertz CT molecular complexity index is 1310. The highest BCUT2D eigenvalue weighted by Gasteiger charge is 2.29. The van der Waals surface area contributed by atoms with E-state index in [1.54, 1.807) is 22.8 Å². The van der Waals surface area contributed by atoms with Crippen LogP contribution in [0.3, 0.4) is 0 Å². The Morgan fingerprint density at radius 1 is 1.15 bits per heavy atom. The van der Waals surface area contributed by atoms with Crippen molar-refractivity contribution in [2.24, 2.45) is 0 Å². The van der Waals surface area contributed by atoms with Crippen molar-refractivity contribution in [3.8, 4) is 11.5 Å². The number of fused-ring (bicyclic) bond motifs is 1. The summed E-state index contributed by atoms with van der Waals surface area (Å²) in [6.45, 7) is 1.61. The fourth-order valence-electron chi connectivity index (χ4n) is 3.83. The highest BCUT2D eigenvalue weighted by atomic mass is 79.9. The molecule has 5 rings (SSSR count). The van der Waals surface area contributed by atoms with Crippen LogP contribution in [0, 0.1) is 5.82 Å². The molecule has 0 atom stereocenters. The number of benzene rings is 1. The van der Waals surface area contributed by atoms with Gasteiger partial charge in [0.2, 0.25) is 5.89 Å². The quantitative estimate of drug-likeness (QED) is 0.368. The second-order valence-electron chi connectivity index (χ2n) is 7.53. The van der Waals surface area contributed by atoms with E-state index in [9.17, 15) is 18.0 Å². The van der Waals surface area contributed by atoms with E-state index >= 15 is 0 Å². The smallest absolute Gasteiger partial charge is 0.329 e. The van der Waals surface area contributed by atoms with Crippen LogP contribution in [0.1, 0.15) is 24.1 Å². The first kappa shape index (κ1) is 23.2. The maximum Gasteiger partial charge on any atom is 0.329 e. The molecule has 3 aromatic heterocycles. The molecule has 174 valence electrons. The van der Waals surface area contributed by atoms with Gasteiger partial charge in [-0.1, -0.05) is 15.9 Å². The predicted octanol–water partition coefficient (Wildman–Crippen LogP) is 3.87. The maximum atomic E-state index is 13.9. The second kappa shape index (κ2) is 9.48. The van der Waals surface area contributed by atoms with E-state index in [2.05, 4.69) is 36.0 Å². The standard InChI is InChI=1S/C20H17F3N6O2.CH3Br/c1-27-9-14(10-27)29-15-5-3-12(21)6-16(15)28(20(29)30)8-13-4-2-11(7-24-13)18-25-26-19(31-18)17(22)23;1-2/h2-7,14,17H,8-10H2,1H3;1H3. The zero-order chi connectivity index (χ0) is 23.7. The molecule has 0 N–H and O–H groups in total. The zero-order valence-corrected chi connectivity index (χ0v) is 19.3. The van der Waals surface area contributed by atoms with Crippen molar-refractivity contribution in [3.05, 3.63) is 64.4 Å². The lowest BCUT2D eigenvalue weighted by Crippen LogP contribution is -2.48. The van der Waals surface area contributed by atoms with Gasteiger partial charge in [0, 0.05) is 19.3 Å². The van der Waals surface area contributed by atoms with Gasteiger partial charge in [0.1, 0.15) is 5.82 Å². The average molecular weight is 525 g/mol. The molecule has 1 aliphatic heterocycles. The van der Waals surface area contributed by atoms with Crippen molar-refractivity contribution >= 4 is 27.0 Å². The van der Waals surface area contributed by atoms with Gasteiger partial charge in [-0.25, -0.2) is 9.18 Å². The number of rotatable bonds is 5. The molecule has 0 spiro atoms. The number of nitrogens with zero attached hydrogens (tertiary/aromatic N) is 6. The Hall–Kier alpha value is -2.99. The first-order chi connectivity index (χ1) is 15.9. The van der Waals surface area contributed by atoms with Gasteiger partial charge in [-0.15, -0.1) is 10.2 Å². The lowest BCUT2D eigenvalue weighted by Gasteiger charge is -2.36. The fourth-order valence-corrected chi connectivity index (χ4v) is 3.83. The summed E-state index contributed by atoms with van der Waals surface area (Å²) in [6.07, 6.45) is -1.45. The lowest BCUT2D eigenvalue weighted by molar-refractivity contribution is 0.116. The SMILES string of the molecule is CBr.CN1CC(n2c(=O)n(Cc3ccc(-c4nnc(C(F)F)o4)cn3)c3cc(F)ccc32)C1. The van der Waals surface area contributed by atoms with Crippen LogP contribution in [0.15, 0.2) is 45.7 Å². The van der Waals surface area contributed by atoms with Gasteiger partial charge in [-0.3, -0.25) is 14.1 Å². The highest BCUT2D eigenvalue weighted by Crippen LogP contribution is 2.25. The van der Waals surface area contributed by atoms with Gasteiger partial charge in [0.05, 0.1) is 34.9 Å². The highest BCUT2D eigenvalue weighted by molar-refractivity contribution is 9.08. The molecule has 0 bridgehead atoms. The Morgan fingerprint density at radius 3 is 2.52 bits per heavy atom. The lowest BCUT2D eigenvalue weighted by atomic mass is 10.1. The van der Waals surface area contributed by atoms with Crippen molar-refractivity contribution in [1.82, 2.24) is 29.2 Å². The van der Waals surface area contributed by atoms with Crippen LogP contribution >= 0.6 is 15.9 Å². The predicted molar refractivity (Wildman–Crippen MR) is 119 cm³/mol. The molecule has 1 fully saturated rings. The van der Waals surface area contributed by atoms with Gasteiger partial charge in [0.25, 0.3) is 5.89 Å². The van der Waals surface area contributed by atoms with Gasteiger partial charge >= 0.3 is 12.1 Å². The summed E-state index contributed by atoms with van der Waals surface area (Å²) >= 11 is 2.94. The number of hydrogen-bond acceptors (Lipinski definition) is 6. The molecule has 0 radical (unpaired) electrons. The Morgan fingerprint density at radius 2 is 1.91 bits per heavy atom. The Labute approximate surface area is 194 Å². The third-order valence-electron chi connectivity index (χ3n) is 5.35. The van der Waals surface area contributed by atoms with E-state index in [4.69, 9.17) is 4.42 Å². The van der Waals surface area contributed by atoms with Crippen LogP contribution in [0.2, 0.25) is 0 Å². The van der Waals surface area contributed by atoms with Crippen molar-refractivity contribution in [3.63, 3.8) is 0 Å². The van der Waals surface area contributed by atoms with Crippen LogP contribution in [-0.4, -0.2) is 55.2 Å². The Balaban J connectivity index is 0.00000126. The van der Waals surface area contributed by atoms with Crippen LogP contribution in [0.25, 0.3) is 22.5 Å². The fraction of sp³-hybridized carbons (Fsp3) is 0.333. The molecule has 4 heterocycles. The van der Waals surface area contributed by atoms with E-state index in [1.165, 1.54) is 22.9 Å². The molecule has 33 heavy (non-hydrogen) atoms. The number of hydrogen-bond donors (Lipinski definition) is 0. The number of likely N-dealkylation sites (N-methyl/N-ethyl adjacent to an activating group) is 1. The molecule has 4 aromatic rings. The summed E-state index contributed by atoms with van der Waals surface area (Å²) in [6, 6.07) is 7.56. The van der Waals surface area contributed by atoms with E-state index < -0.39 is 18.1 Å². The van der Waals surface area contributed by atoms with E-state index in [-0.39, 0.29) is 24.2 Å². The first-order valence-corrected chi connectivity index (χ1v) is 11.5. The monoisotopic (exact) mass is 524 g/mol. The number of imidazole rings is 1. The van der Waals surface area contributed by atoms with Crippen LogP contribution in [0.4, 0.5) is 13.2 Å². The second-order valence-corrected chi connectivity index (χ2v) is 7.53. The van der Waals surface area contributed by atoms with Crippen molar-refractivity contribution in [2.75, 3.05) is 26.0 Å². The van der Waals surface area contributed by atoms with Gasteiger partial charge in [0.15, 0.2) is 0 Å². The summed E-state index contributed by atoms with van der Waals surface area (Å²) in [5.41, 5.74) is 1.84. The molecule has 0 aliphatic carbocycles. The largest absolute Gasteiger partial charge is 0.415 e. The number of halogens is 4. The summed E-state index contributed by atoms with van der Waals surface area (Å²) in [5, 5.41) is 6.88. The number of likely N-dealkylation sites (tertiary alicyclic amines) is 1. The molecule has 8 nitrogen and oxygen atoms in total. The summed E-state index contributed by atoms with van der Waals surface area (Å²) < 4.78 is 47.3. The topological polar surface area (TPSA) is 82.0 Å². The molecule has 0 unspecified atom stereocenters. The van der Waals surface area contributed by atoms with Crippen molar-refractivity contribution in [1.29, 1.82) is 0 Å². The molecule has 12 heteroatoms. The summed E-state index contributed by atoms with van der Waals surface area (Å²) in [7, 11) is 1.97. The number of alkyl halides is 3. The normalized spacial score (nSPS) is 14.4. The van der Waals surface area contributed by atoms with Crippen molar-refractivity contribution in [2.45, 2.75) is 19.0 Å². The minimum Gasteiger partial charge on any atom is -0.415 e. The molecular formula is C21H20BrF3N6O2. The number of aromatic nitrogens is 5. The number of pyridine rings is 1. The molecule has 1 saturated heterocycles. The van der Waals surface area contributed by atoms with E-state index in [1.807, 2.05) is 12.9 Å². The van der Waals surface area contributed by atoms with Crippen LogP contribution in [0.5, 0.6) is 0 Å². The van der Waals surface area contributed by atoms with Crippen LogP contribution < -0.4 is 5.69 Å². The molecule has 0 amide bonds. The minimum atomic E-state index is -2.85. The molecule has 0 saturated carbocycles. The van der Waals surface area contributed by atoms with E-state index in [0.29, 0.717) is 22.3 Å². The Kier molecular flexibility index (Phi) is 6.66. The van der Waals surface area contributed by atoms with Crippen LogP contribution in [-0.2, 0) is 6.54 Å². The third kappa shape index (κ3) is 4.44. The molecular weight excluding hydrogens is 505 g/mol. The maximum absolute atomic E-state index is 13.9. The van der Waals surface area contributed by atoms with Crippen molar-refractivity contribution < 1.29 is 17.6 Å². The molecule has 1 aromatic carbocycles. The van der Waals surface area contributed by atoms with Gasteiger partial charge in [-0.2, -0.15) is 8.78 Å². The summed E-state index contributed by atoms with van der Waals surface area (Å²) in [5.74, 6) is 0.549. The van der Waals surface area contributed by atoms with E-state index in [0.717, 1.165) is 13.1 Å². The third-order valence-corrected chi connectivity index (χ3v) is 5.35. The molecule has 1 aliphatic rings. The first-order valence-electron chi connectivity index (χ1n) is 9.94. The zero-order valence-electron chi connectivity index (χ0n) is 17.8. The minimum absolute atomic E-state index is 0.0311. The summed E-state index contributed by atoms with van der Waals surface area (Å²) in [4.78, 5) is 19.5. The van der Waals surface area contributed by atoms with Gasteiger partial charge in [-0.05, 0) is 43.2 Å².